The van der Waals surface area contributed by atoms with Crippen LogP contribution in [0.4, 0.5) is 9.59 Å². The minimum atomic E-state index is -4.45. The van der Waals surface area contributed by atoms with Crippen LogP contribution in [0.15, 0.2) is 0 Å². The molecular weight excluding hydrogens is 1120 g/mol. The summed E-state index contributed by atoms with van der Waals surface area (Å²) in [5, 5.41) is 14.2. The maximum atomic E-state index is 11.7. The minimum absolute atomic E-state index is 0. The quantitative estimate of drug-likeness (QED) is 0.0326. The Morgan fingerprint density at radius 3 is 1.14 bits per heavy atom. The first-order valence-electron chi connectivity index (χ1n) is 21.1. The van der Waals surface area contributed by atoms with Gasteiger partial charge in [0.05, 0.1) is 52.1 Å². The summed E-state index contributed by atoms with van der Waals surface area (Å²) in [6, 6.07) is 0. The number of amides is 2. The number of aliphatic hydroxyl groups is 1. The van der Waals surface area contributed by atoms with Crippen molar-refractivity contribution in [1.82, 2.24) is 10.6 Å². The smallest absolute Gasteiger partial charge is 0.748 e. The van der Waals surface area contributed by atoms with E-state index in [0.717, 1.165) is 6.42 Å². The third-order valence-corrected chi connectivity index (χ3v) is 14.4. The predicted molar refractivity (Wildman–Crippen MR) is 263 cm³/mol. The van der Waals surface area contributed by atoms with Gasteiger partial charge in [-0.05, 0) is 103 Å². The number of nitrogens with one attached hydrogen (secondary N) is 2. The summed E-state index contributed by atoms with van der Waals surface area (Å²) in [4.78, 5) is 22.8. The SMILES string of the molecule is CC(C)(CCN)COS(=O)(=O)CCCS(=O)(=O)O.CC(C)(CCNC(=O)OC(C)(C)C)COS(=O)(=O)CCCS(=O)(=O)[O-].CC(C)(CO)CCNC(=O)OC(C)(C)C.O=S(=O)(Cl)CCCS(=O)(=O)Cl.[K+]. The fourth-order valence-electron chi connectivity index (χ4n) is 4.10. The van der Waals surface area contributed by atoms with Crippen LogP contribution in [-0.4, -0.2) is 162 Å². The number of hydrogen-bond donors (Lipinski definition) is 5. The van der Waals surface area contributed by atoms with Gasteiger partial charge >= 0.3 is 63.6 Å². The molecular formula is C37H78Cl2KN3O21S6. The van der Waals surface area contributed by atoms with E-state index < -0.39 is 110 Å². The minimum Gasteiger partial charge on any atom is -0.748 e. The fraction of sp³-hybridized carbons (Fsp3) is 0.946. The molecule has 0 bridgehead atoms. The Hall–Kier alpha value is 0.216. The van der Waals surface area contributed by atoms with Crippen LogP contribution in [-0.2, 0) is 76.4 Å². The van der Waals surface area contributed by atoms with Crippen LogP contribution in [0, 0.1) is 16.2 Å². The molecule has 418 valence electrons. The number of hydrogen-bond acceptors (Lipinski definition) is 21. The van der Waals surface area contributed by atoms with Crippen LogP contribution >= 0.6 is 21.4 Å². The van der Waals surface area contributed by atoms with Gasteiger partial charge in [-0.25, -0.2) is 34.8 Å². The summed E-state index contributed by atoms with van der Waals surface area (Å²) in [5.41, 5.74) is 3.26. The van der Waals surface area contributed by atoms with Crippen molar-refractivity contribution in [3.05, 3.63) is 0 Å². The number of rotatable bonds is 27. The van der Waals surface area contributed by atoms with Crippen molar-refractivity contribution in [3.63, 3.8) is 0 Å². The Bertz CT molecular complexity index is 2170. The van der Waals surface area contributed by atoms with Crippen LogP contribution in [0.1, 0.15) is 122 Å². The van der Waals surface area contributed by atoms with Crippen molar-refractivity contribution < 1.29 is 144 Å². The normalized spacial score (nSPS) is 13.1. The molecule has 0 saturated carbocycles. The Balaban J connectivity index is -0.000000278. The molecule has 0 aliphatic carbocycles. The number of aliphatic hydroxyl groups excluding tert-OH is 1. The summed E-state index contributed by atoms with van der Waals surface area (Å²) in [5.74, 6) is -3.08. The number of nitrogens with two attached hydrogens (primary N) is 1. The van der Waals surface area contributed by atoms with Gasteiger partial charge < -0.3 is 35.5 Å². The van der Waals surface area contributed by atoms with E-state index in [4.69, 9.17) is 54.6 Å². The third kappa shape index (κ3) is 64.3. The van der Waals surface area contributed by atoms with Gasteiger partial charge in [-0.2, -0.15) is 25.3 Å². The summed E-state index contributed by atoms with van der Waals surface area (Å²) < 4.78 is 168. The molecule has 0 spiro atoms. The Morgan fingerprint density at radius 1 is 0.543 bits per heavy atom. The molecule has 0 rings (SSSR count). The van der Waals surface area contributed by atoms with Crippen molar-refractivity contribution in [2.45, 2.75) is 133 Å². The van der Waals surface area contributed by atoms with Gasteiger partial charge in [-0.3, -0.25) is 12.9 Å². The zero-order chi connectivity index (χ0) is 55.6. The van der Waals surface area contributed by atoms with Gasteiger partial charge in [0, 0.05) is 46.8 Å². The van der Waals surface area contributed by atoms with Gasteiger partial charge in [0.1, 0.15) is 11.2 Å². The molecule has 0 aromatic rings. The third-order valence-electron chi connectivity index (χ3n) is 7.81. The second kappa shape index (κ2) is 34.8. The Labute approximate surface area is 470 Å². The van der Waals surface area contributed by atoms with Gasteiger partial charge in [-0.15, -0.1) is 0 Å². The molecule has 6 N–H and O–H groups in total. The van der Waals surface area contributed by atoms with Gasteiger partial charge in [0.15, 0.2) is 0 Å². The molecule has 0 aliphatic rings. The molecule has 0 unspecified atom stereocenters. The van der Waals surface area contributed by atoms with Gasteiger partial charge in [-0.1, -0.05) is 41.5 Å². The fourth-order valence-corrected chi connectivity index (χ4v) is 9.52. The molecule has 0 aliphatic heterocycles. The van der Waals surface area contributed by atoms with Gasteiger partial charge in [0.25, 0.3) is 30.4 Å². The van der Waals surface area contributed by atoms with E-state index in [2.05, 4.69) is 10.6 Å². The number of ether oxygens (including phenoxy) is 2. The summed E-state index contributed by atoms with van der Waals surface area (Å²) in [7, 11) is -13.9. The molecule has 0 aromatic carbocycles. The maximum absolute atomic E-state index is 11.7. The molecule has 24 nitrogen and oxygen atoms in total. The second-order valence-corrected chi connectivity index (χ2v) is 32.1. The van der Waals surface area contributed by atoms with Crippen LogP contribution in [0.3, 0.4) is 0 Å². The molecule has 70 heavy (non-hydrogen) atoms. The van der Waals surface area contributed by atoms with Crippen molar-refractivity contribution in [3.8, 4) is 0 Å². The molecule has 0 fully saturated rings. The number of carbonyl (C=O) groups is 2. The van der Waals surface area contributed by atoms with E-state index in [-0.39, 0.29) is 119 Å². The van der Waals surface area contributed by atoms with Crippen molar-refractivity contribution in [2.75, 3.05) is 74.0 Å². The number of halogens is 2. The van der Waals surface area contributed by atoms with Gasteiger partial charge in [0.2, 0.25) is 18.1 Å². The Morgan fingerprint density at radius 2 is 0.857 bits per heavy atom. The Kier molecular flexibility index (Phi) is 39.3. The zero-order valence-electron chi connectivity index (χ0n) is 42.7. The molecule has 0 heterocycles. The van der Waals surface area contributed by atoms with Crippen molar-refractivity contribution in [2.24, 2.45) is 22.0 Å². The van der Waals surface area contributed by atoms with Crippen LogP contribution in [0.25, 0.3) is 0 Å². The molecule has 33 heteroatoms. The topological polar surface area (TPSA) is 389 Å². The largest absolute Gasteiger partial charge is 1.00 e. The monoisotopic (exact) mass is 1200 g/mol. The number of alkyl carbamates (subject to hydrolysis) is 2. The summed E-state index contributed by atoms with van der Waals surface area (Å²) in [6.45, 7) is 23.0. The van der Waals surface area contributed by atoms with E-state index in [1.54, 1.807) is 34.6 Å². The van der Waals surface area contributed by atoms with E-state index in [1.807, 2.05) is 48.5 Å². The molecule has 0 atom stereocenters. The molecule has 0 saturated heterocycles. The first kappa shape index (κ1) is 79.1. The first-order valence-corrected chi connectivity index (χ1v) is 32.4. The maximum Gasteiger partial charge on any atom is 1.00 e. The molecule has 2 amide bonds. The molecule has 0 radical (unpaired) electrons. The number of carbonyl (C=O) groups excluding carboxylic acids is 2. The molecule has 0 aromatic heterocycles. The predicted octanol–water partition coefficient (Wildman–Crippen LogP) is 0.632. The first-order chi connectivity index (χ1) is 30.4. The summed E-state index contributed by atoms with van der Waals surface area (Å²) >= 11 is 0. The standard InChI is InChI=1S/C14H29NO8S2.C11H23NO3.C9H21NO6S2.C3H6Cl2O4S2.K/c1-13(2,3)23-12(16)15-8-7-14(4,5)11-22-25(20,21)10-6-9-24(17,18)19;1-10(2,3)15-9(14)12-7-6-11(4,5)8-13;1-9(2,4-5-10)8-16-18(14,15)7-3-6-17(11,12)13;4-10(6,7)2-1-3-11(5,8)9;/h6-11H2,1-5H3,(H,15,16)(H,17,18,19);13H,6-8H2,1-5H3,(H,12,14);3-8,10H2,1-2H3,(H,11,12,13);1-3H2;/q;;;;+1/p-1. The summed E-state index contributed by atoms with van der Waals surface area (Å²) in [6.07, 6.45) is 0.240. The van der Waals surface area contributed by atoms with Crippen LogP contribution in [0.5, 0.6) is 0 Å². The van der Waals surface area contributed by atoms with Crippen molar-refractivity contribution >= 4 is 92.1 Å². The van der Waals surface area contributed by atoms with E-state index in [9.17, 15) is 64.6 Å². The van der Waals surface area contributed by atoms with E-state index >= 15 is 0 Å². The van der Waals surface area contributed by atoms with Crippen molar-refractivity contribution in [1.29, 1.82) is 0 Å². The average molecular weight is 1200 g/mol. The zero-order valence-corrected chi connectivity index (χ0v) is 52.2. The average Bonchev–Trinajstić information content (AvgIpc) is 3.07. The van der Waals surface area contributed by atoms with Crippen LogP contribution < -0.4 is 67.8 Å². The van der Waals surface area contributed by atoms with E-state index in [1.165, 1.54) is 0 Å². The van der Waals surface area contributed by atoms with Crippen LogP contribution in [0.2, 0.25) is 0 Å². The van der Waals surface area contributed by atoms with E-state index in [0.29, 0.717) is 25.9 Å². The second-order valence-electron chi connectivity index (χ2n) is 19.7.